The fourth-order valence-corrected chi connectivity index (χ4v) is 1.20. The van der Waals surface area contributed by atoms with Crippen molar-refractivity contribution in [3.8, 4) is 0 Å². The van der Waals surface area contributed by atoms with Crippen LogP contribution in [0.3, 0.4) is 0 Å². The van der Waals surface area contributed by atoms with E-state index in [1.165, 1.54) is 0 Å². The van der Waals surface area contributed by atoms with E-state index in [-0.39, 0.29) is 25.9 Å². The molecule has 1 atom stereocenters. The largest absolute Gasteiger partial charge is 0.481 e. The van der Waals surface area contributed by atoms with Crippen molar-refractivity contribution in [1.82, 2.24) is 5.32 Å². The first-order valence-corrected chi connectivity index (χ1v) is 5.79. The van der Waals surface area contributed by atoms with Crippen LogP contribution in [0.1, 0.15) is 32.6 Å². The maximum absolute atomic E-state index is 11.4. The highest BCUT2D eigenvalue weighted by Crippen LogP contribution is 1.99. The number of carbonyl (C=O) groups excluding carboxylic acids is 1. The van der Waals surface area contributed by atoms with Gasteiger partial charge in [-0.1, -0.05) is 6.92 Å². The zero-order valence-electron chi connectivity index (χ0n) is 10.3. The first-order valence-electron chi connectivity index (χ1n) is 5.79. The minimum Gasteiger partial charge on any atom is -0.481 e. The molecule has 3 N–H and O–H groups in total. The number of aliphatic carboxylic acids is 2. The van der Waals surface area contributed by atoms with Crippen molar-refractivity contribution < 1.29 is 29.3 Å². The van der Waals surface area contributed by atoms with E-state index in [0.717, 1.165) is 6.42 Å². The van der Waals surface area contributed by atoms with Crippen molar-refractivity contribution in [3.63, 3.8) is 0 Å². The van der Waals surface area contributed by atoms with Crippen LogP contribution < -0.4 is 5.32 Å². The summed E-state index contributed by atoms with van der Waals surface area (Å²) < 4.78 is 5.09. The van der Waals surface area contributed by atoms with E-state index in [2.05, 4.69) is 5.32 Å². The second-order valence-corrected chi connectivity index (χ2v) is 3.75. The molecule has 104 valence electrons. The van der Waals surface area contributed by atoms with Crippen molar-refractivity contribution in [2.24, 2.45) is 0 Å². The van der Waals surface area contributed by atoms with E-state index in [1.54, 1.807) is 0 Å². The Kier molecular flexibility index (Phi) is 8.55. The monoisotopic (exact) mass is 261 g/mol. The standard InChI is InChI=1S/C11H19NO6/c1-2-6-18-7-5-9(13)12-8(11(16)17)3-4-10(14)15/h8H,2-7H2,1H3,(H,12,13)(H,14,15)(H,16,17)/t8-/m1/s1. The van der Waals surface area contributed by atoms with Gasteiger partial charge in [-0.05, 0) is 12.8 Å². The number of carboxylic acid groups (broad SMARTS) is 2. The first-order chi connectivity index (χ1) is 8.47. The van der Waals surface area contributed by atoms with E-state index < -0.39 is 23.9 Å². The highest BCUT2D eigenvalue weighted by Gasteiger charge is 2.20. The highest BCUT2D eigenvalue weighted by molar-refractivity contribution is 5.83. The SMILES string of the molecule is CCCOCCC(=O)N[C@H](CCC(=O)O)C(=O)O. The quantitative estimate of drug-likeness (QED) is 0.485. The van der Waals surface area contributed by atoms with Crippen LogP contribution in [-0.4, -0.2) is 47.3 Å². The van der Waals surface area contributed by atoms with Crippen LogP contribution in [0.2, 0.25) is 0 Å². The van der Waals surface area contributed by atoms with Gasteiger partial charge in [0, 0.05) is 19.4 Å². The summed E-state index contributed by atoms with van der Waals surface area (Å²) in [5.41, 5.74) is 0. The van der Waals surface area contributed by atoms with Gasteiger partial charge in [0.1, 0.15) is 6.04 Å². The molecule has 0 radical (unpaired) electrons. The molecule has 0 aromatic heterocycles. The Balaban J connectivity index is 3.96. The summed E-state index contributed by atoms with van der Waals surface area (Å²) in [5.74, 6) is -2.79. The zero-order valence-corrected chi connectivity index (χ0v) is 10.3. The molecular weight excluding hydrogens is 242 g/mol. The lowest BCUT2D eigenvalue weighted by Gasteiger charge is -2.13. The molecule has 0 rings (SSSR count). The van der Waals surface area contributed by atoms with Crippen molar-refractivity contribution in [1.29, 1.82) is 0 Å². The predicted molar refractivity (Wildman–Crippen MR) is 62.2 cm³/mol. The van der Waals surface area contributed by atoms with Crippen LogP contribution in [0, 0.1) is 0 Å². The molecule has 1 amide bonds. The van der Waals surface area contributed by atoms with E-state index in [1.807, 2.05) is 6.92 Å². The molecule has 0 unspecified atom stereocenters. The normalized spacial score (nSPS) is 11.8. The zero-order chi connectivity index (χ0) is 14.0. The first kappa shape index (κ1) is 16.4. The molecule has 7 heteroatoms. The smallest absolute Gasteiger partial charge is 0.326 e. The topological polar surface area (TPSA) is 113 Å². The average Bonchev–Trinajstić information content (AvgIpc) is 2.29. The van der Waals surface area contributed by atoms with Gasteiger partial charge in [0.2, 0.25) is 5.91 Å². The Hall–Kier alpha value is -1.63. The minimum atomic E-state index is -1.24. The number of nitrogens with one attached hydrogen (secondary N) is 1. The molecule has 0 spiro atoms. The summed E-state index contributed by atoms with van der Waals surface area (Å²) in [6, 6.07) is -1.17. The van der Waals surface area contributed by atoms with Gasteiger partial charge in [0.15, 0.2) is 0 Å². The van der Waals surface area contributed by atoms with Crippen molar-refractivity contribution >= 4 is 17.8 Å². The van der Waals surface area contributed by atoms with Gasteiger partial charge in [0.05, 0.1) is 6.61 Å². The Morgan fingerprint density at radius 1 is 1.17 bits per heavy atom. The number of hydrogen-bond acceptors (Lipinski definition) is 4. The van der Waals surface area contributed by atoms with Crippen LogP contribution in [0.4, 0.5) is 0 Å². The Morgan fingerprint density at radius 2 is 1.83 bits per heavy atom. The number of carbonyl (C=O) groups is 3. The molecule has 0 fully saturated rings. The summed E-state index contributed by atoms with van der Waals surface area (Å²) >= 11 is 0. The number of carboxylic acids is 2. The molecule has 7 nitrogen and oxygen atoms in total. The van der Waals surface area contributed by atoms with E-state index in [4.69, 9.17) is 14.9 Å². The third-order valence-corrected chi connectivity index (χ3v) is 2.10. The second kappa shape index (κ2) is 9.41. The lowest BCUT2D eigenvalue weighted by atomic mass is 10.1. The summed E-state index contributed by atoms with van der Waals surface area (Å²) in [7, 11) is 0. The summed E-state index contributed by atoms with van der Waals surface area (Å²) in [6.45, 7) is 2.71. The molecule has 0 saturated heterocycles. The molecule has 0 aromatic carbocycles. The van der Waals surface area contributed by atoms with E-state index in [9.17, 15) is 14.4 Å². The van der Waals surface area contributed by atoms with E-state index in [0.29, 0.717) is 6.61 Å². The molecule has 0 saturated carbocycles. The van der Waals surface area contributed by atoms with Crippen molar-refractivity contribution in [3.05, 3.63) is 0 Å². The van der Waals surface area contributed by atoms with Gasteiger partial charge in [-0.2, -0.15) is 0 Å². The van der Waals surface area contributed by atoms with Crippen LogP contribution >= 0.6 is 0 Å². The molecular formula is C11H19NO6. The third-order valence-electron chi connectivity index (χ3n) is 2.10. The Morgan fingerprint density at radius 3 is 2.33 bits per heavy atom. The average molecular weight is 261 g/mol. The predicted octanol–water partition coefficient (Wildman–Crippen LogP) is 0.237. The molecule has 0 aliphatic carbocycles. The maximum Gasteiger partial charge on any atom is 0.326 e. The molecule has 0 bridgehead atoms. The van der Waals surface area contributed by atoms with Crippen LogP contribution in [0.25, 0.3) is 0 Å². The van der Waals surface area contributed by atoms with Crippen molar-refractivity contribution in [2.75, 3.05) is 13.2 Å². The molecule has 0 heterocycles. The maximum atomic E-state index is 11.4. The van der Waals surface area contributed by atoms with Crippen LogP contribution in [0.15, 0.2) is 0 Å². The molecule has 0 aromatic rings. The van der Waals surface area contributed by atoms with Gasteiger partial charge < -0.3 is 20.3 Å². The van der Waals surface area contributed by atoms with Gasteiger partial charge in [-0.15, -0.1) is 0 Å². The van der Waals surface area contributed by atoms with Crippen molar-refractivity contribution in [2.45, 2.75) is 38.6 Å². The number of hydrogen-bond donors (Lipinski definition) is 3. The van der Waals surface area contributed by atoms with Gasteiger partial charge in [-0.25, -0.2) is 4.79 Å². The van der Waals surface area contributed by atoms with E-state index >= 15 is 0 Å². The fraction of sp³-hybridized carbons (Fsp3) is 0.727. The minimum absolute atomic E-state index is 0.0663. The summed E-state index contributed by atoms with van der Waals surface area (Å²) in [4.78, 5) is 32.5. The molecule has 18 heavy (non-hydrogen) atoms. The third kappa shape index (κ3) is 8.51. The second-order valence-electron chi connectivity index (χ2n) is 3.75. The van der Waals surface area contributed by atoms with Crippen LogP contribution in [-0.2, 0) is 19.1 Å². The summed E-state index contributed by atoms with van der Waals surface area (Å²) in [6.07, 6.45) is 0.477. The number of amides is 1. The lowest BCUT2D eigenvalue weighted by Crippen LogP contribution is -2.41. The molecule has 0 aliphatic heterocycles. The molecule has 0 aliphatic rings. The summed E-state index contributed by atoms with van der Waals surface area (Å²) in [5, 5.41) is 19.5. The lowest BCUT2D eigenvalue weighted by molar-refractivity contribution is -0.143. The Labute approximate surface area is 105 Å². The number of rotatable bonds is 10. The highest BCUT2D eigenvalue weighted by atomic mass is 16.5. The Bertz CT molecular complexity index is 291. The van der Waals surface area contributed by atoms with Gasteiger partial charge in [-0.3, -0.25) is 9.59 Å². The fourth-order valence-electron chi connectivity index (χ4n) is 1.20. The van der Waals surface area contributed by atoms with Crippen LogP contribution in [0.5, 0.6) is 0 Å². The van der Waals surface area contributed by atoms with Gasteiger partial charge >= 0.3 is 11.9 Å². The number of ether oxygens (including phenoxy) is 1. The van der Waals surface area contributed by atoms with Gasteiger partial charge in [0.25, 0.3) is 0 Å².